The van der Waals surface area contributed by atoms with E-state index in [9.17, 15) is 0 Å². The lowest BCUT2D eigenvalue weighted by Crippen LogP contribution is -2.28. The number of imidazole rings is 1. The number of nitrogens with one attached hydrogen (secondary N) is 1. The lowest BCUT2D eigenvalue weighted by molar-refractivity contribution is 0.355. The summed E-state index contributed by atoms with van der Waals surface area (Å²) in [6.07, 6.45) is 1.08. The van der Waals surface area contributed by atoms with Crippen molar-refractivity contribution in [1.29, 1.82) is 0 Å². The minimum absolute atomic E-state index is 0.399. The maximum absolute atomic E-state index is 5.54. The number of rotatable bonds is 7. The third-order valence-corrected chi connectivity index (χ3v) is 7.37. The Morgan fingerprint density at radius 2 is 1.74 bits per heavy atom. The summed E-state index contributed by atoms with van der Waals surface area (Å²) < 4.78 is 16.6. The molecule has 0 saturated carbocycles. The zero-order valence-electron chi connectivity index (χ0n) is 20.8. The van der Waals surface area contributed by atoms with Crippen molar-refractivity contribution in [1.82, 2.24) is 19.3 Å². The Morgan fingerprint density at radius 3 is 2.49 bits per heavy atom. The maximum Gasteiger partial charge on any atom is 0.178 e. The quantitative estimate of drug-likeness (QED) is 0.357. The molecular weight excluding hydrogens is 458 g/mol. The van der Waals surface area contributed by atoms with Gasteiger partial charge in [0.05, 0.1) is 37.0 Å². The van der Waals surface area contributed by atoms with Gasteiger partial charge in [-0.1, -0.05) is 17.7 Å². The zero-order valence-corrected chi connectivity index (χ0v) is 21.6. The predicted molar refractivity (Wildman–Crippen MR) is 142 cm³/mol. The summed E-state index contributed by atoms with van der Waals surface area (Å²) >= 11 is 1.71. The van der Waals surface area contributed by atoms with Crippen LogP contribution >= 0.6 is 11.9 Å². The molecule has 2 aromatic heterocycles. The molecule has 0 bridgehead atoms. The number of aromatic nitrogens is 3. The SMILES string of the molecule is COc1ccc(-c2c(C)nc3c(N4CCC(NSc5ccc(C)cc5)C4)cc(C)nn23)cc1OC. The molecule has 1 N–H and O–H groups in total. The van der Waals surface area contributed by atoms with E-state index in [1.165, 1.54) is 10.5 Å². The van der Waals surface area contributed by atoms with Crippen LogP contribution in [-0.2, 0) is 0 Å². The van der Waals surface area contributed by atoms with Crippen LogP contribution in [0.15, 0.2) is 53.4 Å². The highest BCUT2D eigenvalue weighted by molar-refractivity contribution is 7.97. The molecule has 0 aliphatic carbocycles. The van der Waals surface area contributed by atoms with E-state index >= 15 is 0 Å². The van der Waals surface area contributed by atoms with Crippen LogP contribution in [0.4, 0.5) is 5.69 Å². The third-order valence-electron chi connectivity index (χ3n) is 6.41. The van der Waals surface area contributed by atoms with Gasteiger partial charge in [-0.3, -0.25) is 4.72 Å². The van der Waals surface area contributed by atoms with Gasteiger partial charge in [0.2, 0.25) is 0 Å². The average molecular weight is 490 g/mol. The Balaban J connectivity index is 1.42. The van der Waals surface area contributed by atoms with Gasteiger partial charge in [0.15, 0.2) is 17.1 Å². The first-order chi connectivity index (χ1) is 17.0. The standard InChI is InChI=1S/C27H31N5O2S/c1-17-6-9-22(10-7-17)35-30-21-12-13-31(16-21)23-14-18(2)29-32-26(19(3)28-27(23)32)20-8-11-24(33-4)25(15-20)34-5/h6-11,14-15,21,30H,12-13,16H2,1-5H3. The molecule has 4 aromatic rings. The van der Waals surface area contributed by atoms with Crippen molar-refractivity contribution in [3.63, 3.8) is 0 Å². The molecule has 5 rings (SSSR count). The Kier molecular flexibility index (Phi) is 6.58. The molecule has 7 nitrogen and oxygen atoms in total. The van der Waals surface area contributed by atoms with Gasteiger partial charge in [0.25, 0.3) is 0 Å². The van der Waals surface area contributed by atoms with E-state index in [0.29, 0.717) is 17.5 Å². The van der Waals surface area contributed by atoms with Crippen molar-refractivity contribution < 1.29 is 9.47 Å². The van der Waals surface area contributed by atoms with Crippen molar-refractivity contribution in [2.24, 2.45) is 0 Å². The van der Waals surface area contributed by atoms with E-state index in [2.05, 4.69) is 46.9 Å². The van der Waals surface area contributed by atoms with E-state index < -0.39 is 0 Å². The summed E-state index contributed by atoms with van der Waals surface area (Å²) in [5.74, 6) is 1.39. The number of ether oxygens (including phenoxy) is 2. The fraction of sp³-hybridized carbons (Fsp3) is 0.333. The Bertz CT molecular complexity index is 1350. The molecule has 0 amide bonds. The predicted octanol–water partition coefficient (Wildman–Crippen LogP) is 5.21. The number of hydrogen-bond donors (Lipinski definition) is 1. The summed E-state index contributed by atoms with van der Waals surface area (Å²) in [4.78, 5) is 8.62. The molecule has 182 valence electrons. The fourth-order valence-corrected chi connectivity index (χ4v) is 5.38. The molecule has 1 aliphatic heterocycles. The summed E-state index contributed by atoms with van der Waals surface area (Å²) in [6.45, 7) is 8.09. The Hall–Kier alpha value is -3.23. The van der Waals surface area contributed by atoms with Crippen LogP contribution in [0, 0.1) is 20.8 Å². The van der Waals surface area contributed by atoms with Crippen LogP contribution < -0.4 is 19.1 Å². The number of anilines is 1. The van der Waals surface area contributed by atoms with Crippen LogP contribution in [0.2, 0.25) is 0 Å². The van der Waals surface area contributed by atoms with Crippen LogP contribution in [0.3, 0.4) is 0 Å². The Morgan fingerprint density at radius 1 is 0.971 bits per heavy atom. The highest BCUT2D eigenvalue weighted by Gasteiger charge is 2.26. The van der Waals surface area contributed by atoms with Crippen LogP contribution in [0.5, 0.6) is 11.5 Å². The lowest BCUT2D eigenvalue weighted by Gasteiger charge is -2.20. The van der Waals surface area contributed by atoms with Gasteiger partial charge in [-0.05, 0) is 75.5 Å². The van der Waals surface area contributed by atoms with Gasteiger partial charge in [-0.15, -0.1) is 0 Å². The molecule has 1 aliphatic rings. The molecule has 1 fully saturated rings. The van der Waals surface area contributed by atoms with Gasteiger partial charge in [0, 0.05) is 29.6 Å². The topological polar surface area (TPSA) is 63.9 Å². The summed E-state index contributed by atoms with van der Waals surface area (Å²) in [5.41, 5.74) is 7.13. The number of hydrogen-bond acceptors (Lipinski definition) is 7. The van der Waals surface area contributed by atoms with Gasteiger partial charge in [-0.2, -0.15) is 5.10 Å². The number of methoxy groups -OCH3 is 2. The monoisotopic (exact) mass is 489 g/mol. The fourth-order valence-electron chi connectivity index (χ4n) is 4.61. The van der Waals surface area contributed by atoms with Crippen molar-refractivity contribution in [3.05, 3.63) is 65.5 Å². The van der Waals surface area contributed by atoms with Crippen LogP contribution in [-0.4, -0.2) is 47.9 Å². The summed E-state index contributed by atoms with van der Waals surface area (Å²) in [5, 5.41) is 4.84. The van der Waals surface area contributed by atoms with E-state index in [-0.39, 0.29) is 0 Å². The van der Waals surface area contributed by atoms with Gasteiger partial charge < -0.3 is 14.4 Å². The molecule has 1 atom stereocenters. The van der Waals surface area contributed by atoms with Crippen LogP contribution in [0.25, 0.3) is 16.9 Å². The minimum Gasteiger partial charge on any atom is -0.493 e. The third kappa shape index (κ3) is 4.68. The smallest absolute Gasteiger partial charge is 0.178 e. The van der Waals surface area contributed by atoms with Crippen molar-refractivity contribution in [3.8, 4) is 22.8 Å². The highest BCUT2D eigenvalue weighted by Crippen LogP contribution is 2.36. The lowest BCUT2D eigenvalue weighted by atomic mass is 10.1. The van der Waals surface area contributed by atoms with E-state index in [4.69, 9.17) is 19.6 Å². The minimum atomic E-state index is 0.399. The largest absolute Gasteiger partial charge is 0.493 e. The molecule has 1 unspecified atom stereocenters. The van der Waals surface area contributed by atoms with Crippen molar-refractivity contribution in [2.75, 3.05) is 32.2 Å². The molecule has 0 radical (unpaired) electrons. The van der Waals surface area contributed by atoms with Crippen molar-refractivity contribution >= 4 is 23.3 Å². The Labute approximate surface area is 210 Å². The molecule has 35 heavy (non-hydrogen) atoms. The van der Waals surface area contributed by atoms with E-state index in [1.807, 2.05) is 36.6 Å². The molecule has 2 aromatic carbocycles. The molecule has 0 spiro atoms. The van der Waals surface area contributed by atoms with Crippen molar-refractivity contribution in [2.45, 2.75) is 38.1 Å². The van der Waals surface area contributed by atoms with Crippen LogP contribution in [0.1, 0.15) is 23.4 Å². The molecule has 1 saturated heterocycles. The first-order valence-electron chi connectivity index (χ1n) is 11.8. The van der Waals surface area contributed by atoms with E-state index in [1.54, 1.807) is 26.2 Å². The second-order valence-electron chi connectivity index (χ2n) is 8.99. The average Bonchev–Trinajstić information content (AvgIpc) is 3.46. The highest BCUT2D eigenvalue weighted by atomic mass is 32.2. The molecule has 8 heteroatoms. The molecule has 3 heterocycles. The summed E-state index contributed by atoms with van der Waals surface area (Å²) in [7, 11) is 3.30. The molecular formula is C27H31N5O2S. The van der Waals surface area contributed by atoms with Gasteiger partial charge >= 0.3 is 0 Å². The second-order valence-corrected chi connectivity index (χ2v) is 9.90. The zero-order chi connectivity index (χ0) is 24.5. The summed E-state index contributed by atoms with van der Waals surface area (Å²) in [6, 6.07) is 17.1. The second kappa shape index (κ2) is 9.79. The number of nitrogens with zero attached hydrogens (tertiary/aromatic N) is 4. The number of benzene rings is 2. The maximum atomic E-state index is 5.54. The van der Waals surface area contributed by atoms with E-state index in [0.717, 1.165) is 53.5 Å². The van der Waals surface area contributed by atoms with Gasteiger partial charge in [-0.25, -0.2) is 9.50 Å². The number of aryl methyl sites for hydroxylation is 3. The normalized spacial score (nSPS) is 15.7. The first kappa shape index (κ1) is 23.5. The first-order valence-corrected chi connectivity index (χ1v) is 12.6. The van der Waals surface area contributed by atoms with Gasteiger partial charge in [0.1, 0.15) is 0 Å². The number of fused-ring (bicyclic) bond motifs is 1.